The molecule has 0 bridgehead atoms. The summed E-state index contributed by atoms with van der Waals surface area (Å²) in [4.78, 5) is 33.3. The van der Waals surface area contributed by atoms with Gasteiger partial charge in [-0.05, 0) is 36.4 Å². The average Bonchev–Trinajstić information content (AvgIpc) is 3.23. The molecule has 4 rings (SSSR count). The van der Waals surface area contributed by atoms with Crippen LogP contribution in [0.3, 0.4) is 0 Å². The number of aromatic hydroxyl groups is 1. The Morgan fingerprint density at radius 3 is 2.77 bits per heavy atom. The fraction of sp³-hybridized carbons (Fsp3) is 0.0500. The maximum atomic E-state index is 12.6. The molecule has 0 atom stereocenters. The number of thiazole rings is 1. The Balaban J connectivity index is 1.52. The van der Waals surface area contributed by atoms with Crippen molar-refractivity contribution in [3.8, 4) is 22.0 Å². The van der Waals surface area contributed by atoms with Crippen LogP contribution in [0.1, 0.15) is 16.2 Å². The third kappa shape index (κ3) is 4.29. The third-order valence-corrected chi connectivity index (χ3v) is 5.56. The summed E-state index contributed by atoms with van der Waals surface area (Å²) < 4.78 is 1.90. The van der Waals surface area contributed by atoms with E-state index in [0.29, 0.717) is 11.4 Å². The smallest absolute Gasteiger partial charge is 0.275 e. The quantitative estimate of drug-likeness (QED) is 0.451. The van der Waals surface area contributed by atoms with Gasteiger partial charge in [0.15, 0.2) is 11.4 Å². The maximum Gasteiger partial charge on any atom is 0.275 e. The number of nitrogens with one attached hydrogen (secondary N) is 1. The van der Waals surface area contributed by atoms with Gasteiger partial charge in [0, 0.05) is 33.9 Å². The van der Waals surface area contributed by atoms with E-state index in [9.17, 15) is 14.7 Å². The Hall–Kier alpha value is -3.37. The van der Waals surface area contributed by atoms with Crippen LogP contribution in [0.5, 0.6) is 5.75 Å². The summed E-state index contributed by atoms with van der Waals surface area (Å²) in [7, 11) is 0. The zero-order valence-electron chi connectivity index (χ0n) is 15.3. The molecule has 3 aromatic heterocycles. The summed E-state index contributed by atoms with van der Waals surface area (Å²) in [6, 6.07) is 11.5. The van der Waals surface area contributed by atoms with Crippen molar-refractivity contribution in [2.75, 3.05) is 0 Å². The predicted molar refractivity (Wildman–Crippen MR) is 116 cm³/mol. The highest BCUT2D eigenvalue weighted by Gasteiger charge is 2.17. The van der Waals surface area contributed by atoms with Crippen LogP contribution in [0, 0.1) is 0 Å². The van der Waals surface area contributed by atoms with Gasteiger partial charge < -0.3 is 10.4 Å². The first-order valence-electron chi connectivity index (χ1n) is 8.73. The fourth-order valence-corrected chi connectivity index (χ4v) is 3.72. The Kier molecular flexibility index (Phi) is 5.68. The van der Waals surface area contributed by atoms with Crippen molar-refractivity contribution in [1.82, 2.24) is 25.1 Å². The maximum absolute atomic E-state index is 12.6. The number of benzene rings is 1. The molecular formula is C20H14BrN5O3S. The van der Waals surface area contributed by atoms with E-state index in [1.165, 1.54) is 11.3 Å². The van der Waals surface area contributed by atoms with E-state index in [1.807, 2.05) is 17.5 Å². The Morgan fingerprint density at radius 2 is 2.03 bits per heavy atom. The zero-order chi connectivity index (χ0) is 21.1. The molecule has 1 amide bonds. The second-order valence-corrected chi connectivity index (χ2v) is 7.95. The molecule has 0 radical (unpaired) electrons. The Labute approximate surface area is 183 Å². The largest absolute Gasteiger partial charge is 0.505 e. The minimum atomic E-state index is -0.616. The van der Waals surface area contributed by atoms with E-state index >= 15 is 0 Å². The number of pyridine rings is 1. The molecule has 1 aromatic carbocycles. The molecule has 150 valence electrons. The molecular weight excluding hydrogens is 470 g/mol. The van der Waals surface area contributed by atoms with Crippen molar-refractivity contribution in [2.45, 2.75) is 6.54 Å². The third-order valence-electron chi connectivity index (χ3n) is 4.09. The van der Waals surface area contributed by atoms with Gasteiger partial charge in [-0.1, -0.05) is 15.9 Å². The molecule has 0 aliphatic carbocycles. The standard InChI is InChI=1S/C20H14BrN5O3S/c21-13-3-5-15(6-4-13)26-17(28)8-16(27)18(25-26)19(29)23-10-14-11-30-20(24-14)12-2-1-7-22-9-12/h1-9,11,27H,10H2,(H,23,29). The summed E-state index contributed by atoms with van der Waals surface area (Å²) in [5, 5.41) is 19.4. The van der Waals surface area contributed by atoms with Crippen LogP contribution in [0.25, 0.3) is 16.3 Å². The van der Waals surface area contributed by atoms with E-state index in [4.69, 9.17) is 0 Å². The van der Waals surface area contributed by atoms with E-state index in [0.717, 1.165) is 25.8 Å². The van der Waals surface area contributed by atoms with Gasteiger partial charge in [0.2, 0.25) is 0 Å². The number of halogens is 1. The van der Waals surface area contributed by atoms with Gasteiger partial charge in [-0.2, -0.15) is 9.78 Å². The van der Waals surface area contributed by atoms with E-state index < -0.39 is 17.2 Å². The average molecular weight is 484 g/mol. The molecule has 0 aliphatic heterocycles. The minimum Gasteiger partial charge on any atom is -0.505 e. The number of aromatic nitrogens is 4. The van der Waals surface area contributed by atoms with Crippen LogP contribution < -0.4 is 10.9 Å². The summed E-state index contributed by atoms with van der Waals surface area (Å²) in [5.74, 6) is -1.10. The topological polar surface area (TPSA) is 110 Å². The SMILES string of the molecule is O=C(NCc1csc(-c2cccnc2)n1)c1nn(-c2ccc(Br)cc2)c(=O)cc1O. The molecule has 0 aliphatic rings. The molecule has 0 fully saturated rings. The number of hydrogen-bond acceptors (Lipinski definition) is 7. The number of nitrogens with zero attached hydrogens (tertiary/aromatic N) is 4. The summed E-state index contributed by atoms with van der Waals surface area (Å²) >= 11 is 4.76. The van der Waals surface area contributed by atoms with Gasteiger partial charge in [-0.25, -0.2) is 4.98 Å². The lowest BCUT2D eigenvalue weighted by Crippen LogP contribution is -2.29. The van der Waals surface area contributed by atoms with Crippen molar-refractivity contribution in [1.29, 1.82) is 0 Å². The minimum absolute atomic E-state index is 0.147. The normalized spacial score (nSPS) is 10.7. The molecule has 4 aromatic rings. The lowest BCUT2D eigenvalue weighted by Gasteiger charge is -2.09. The number of carbonyl (C=O) groups excluding carboxylic acids is 1. The molecule has 8 nitrogen and oxygen atoms in total. The predicted octanol–water partition coefficient (Wildman–Crippen LogP) is 3.15. The van der Waals surface area contributed by atoms with Crippen molar-refractivity contribution in [3.05, 3.63) is 86.5 Å². The molecule has 0 saturated carbocycles. The van der Waals surface area contributed by atoms with Crippen LogP contribution in [0.2, 0.25) is 0 Å². The molecule has 30 heavy (non-hydrogen) atoms. The van der Waals surface area contributed by atoms with Crippen LogP contribution >= 0.6 is 27.3 Å². The van der Waals surface area contributed by atoms with Crippen LogP contribution in [0.4, 0.5) is 0 Å². The molecule has 3 heterocycles. The number of rotatable bonds is 5. The monoisotopic (exact) mass is 483 g/mol. The first-order chi connectivity index (χ1) is 14.5. The molecule has 0 spiro atoms. The Bertz CT molecular complexity index is 1260. The van der Waals surface area contributed by atoms with Crippen molar-refractivity contribution in [3.63, 3.8) is 0 Å². The number of amides is 1. The summed E-state index contributed by atoms with van der Waals surface area (Å²) in [6.45, 7) is 0.147. The lowest BCUT2D eigenvalue weighted by atomic mass is 10.3. The van der Waals surface area contributed by atoms with Crippen molar-refractivity contribution < 1.29 is 9.90 Å². The molecule has 2 N–H and O–H groups in total. The van der Waals surface area contributed by atoms with Crippen LogP contribution in [-0.2, 0) is 6.54 Å². The zero-order valence-corrected chi connectivity index (χ0v) is 17.7. The number of hydrogen-bond donors (Lipinski definition) is 2. The van der Waals surface area contributed by atoms with Gasteiger partial charge in [0.1, 0.15) is 5.01 Å². The van der Waals surface area contributed by atoms with Crippen LogP contribution in [-0.4, -0.2) is 30.8 Å². The molecule has 0 unspecified atom stereocenters. The van der Waals surface area contributed by atoms with Gasteiger partial charge >= 0.3 is 0 Å². The highest BCUT2D eigenvalue weighted by molar-refractivity contribution is 9.10. The van der Waals surface area contributed by atoms with Gasteiger partial charge in [0.05, 0.1) is 17.9 Å². The van der Waals surface area contributed by atoms with Crippen molar-refractivity contribution in [2.24, 2.45) is 0 Å². The first kappa shape index (κ1) is 19.9. The lowest BCUT2D eigenvalue weighted by molar-refractivity contribution is 0.0940. The van der Waals surface area contributed by atoms with Gasteiger partial charge in [-0.3, -0.25) is 14.6 Å². The second-order valence-electron chi connectivity index (χ2n) is 6.17. The molecule has 0 saturated heterocycles. The second kappa shape index (κ2) is 8.56. The Morgan fingerprint density at radius 1 is 1.23 bits per heavy atom. The number of carbonyl (C=O) groups is 1. The van der Waals surface area contributed by atoms with E-state index in [2.05, 4.69) is 36.3 Å². The van der Waals surface area contributed by atoms with Gasteiger partial charge in [0.25, 0.3) is 11.5 Å². The fourth-order valence-electron chi connectivity index (χ4n) is 2.64. The van der Waals surface area contributed by atoms with E-state index in [-0.39, 0.29) is 12.2 Å². The molecule has 10 heteroatoms. The van der Waals surface area contributed by atoms with Crippen LogP contribution in [0.15, 0.2) is 69.5 Å². The van der Waals surface area contributed by atoms with Gasteiger partial charge in [-0.15, -0.1) is 11.3 Å². The first-order valence-corrected chi connectivity index (χ1v) is 10.4. The van der Waals surface area contributed by atoms with Crippen molar-refractivity contribution >= 4 is 33.2 Å². The summed E-state index contributed by atoms with van der Waals surface area (Å²) in [5.41, 5.74) is 1.22. The van der Waals surface area contributed by atoms with E-state index in [1.54, 1.807) is 36.7 Å². The summed E-state index contributed by atoms with van der Waals surface area (Å²) in [6.07, 6.45) is 3.40. The highest BCUT2D eigenvalue weighted by Crippen LogP contribution is 2.22. The highest BCUT2D eigenvalue weighted by atomic mass is 79.9.